The van der Waals surface area contributed by atoms with Crippen LogP contribution in [0.15, 0.2) is 18.2 Å². The lowest BCUT2D eigenvalue weighted by Crippen LogP contribution is -2.27. The number of amides is 1. The summed E-state index contributed by atoms with van der Waals surface area (Å²) < 4.78 is 4.87. The molecular weight excluding hydrogens is 216 g/mol. The molecule has 0 saturated carbocycles. The van der Waals surface area contributed by atoms with E-state index in [0.717, 1.165) is 0 Å². The van der Waals surface area contributed by atoms with Gasteiger partial charge in [-0.3, -0.25) is 4.79 Å². The zero-order valence-electron chi connectivity index (χ0n) is 8.58. The van der Waals surface area contributed by atoms with E-state index in [-0.39, 0.29) is 5.91 Å². The molecule has 0 aliphatic heterocycles. The van der Waals surface area contributed by atoms with E-state index >= 15 is 0 Å². The van der Waals surface area contributed by atoms with Crippen LogP contribution in [0.1, 0.15) is 6.92 Å². The second-order valence-corrected chi connectivity index (χ2v) is 3.48. The van der Waals surface area contributed by atoms with Crippen LogP contribution in [0.4, 0.5) is 11.4 Å². The van der Waals surface area contributed by atoms with Gasteiger partial charge in [-0.1, -0.05) is 17.7 Å². The van der Waals surface area contributed by atoms with E-state index in [1.807, 2.05) is 0 Å². The molecule has 5 heteroatoms. The van der Waals surface area contributed by atoms with Crippen LogP contribution in [0.5, 0.6) is 0 Å². The second kappa shape index (κ2) is 5.00. The van der Waals surface area contributed by atoms with Crippen LogP contribution < -0.4 is 11.1 Å². The van der Waals surface area contributed by atoms with E-state index in [2.05, 4.69) is 5.32 Å². The number of nitrogen functional groups attached to an aromatic ring is 1. The van der Waals surface area contributed by atoms with Crippen LogP contribution in [0.3, 0.4) is 0 Å². The first kappa shape index (κ1) is 11.8. The van der Waals surface area contributed by atoms with Crippen molar-refractivity contribution in [2.24, 2.45) is 0 Å². The number of hydrogen-bond donors (Lipinski definition) is 2. The summed E-state index contributed by atoms with van der Waals surface area (Å²) in [6.07, 6.45) is -0.541. The fourth-order valence-corrected chi connectivity index (χ4v) is 1.23. The molecule has 0 aliphatic carbocycles. The second-order valence-electron chi connectivity index (χ2n) is 3.07. The largest absolute Gasteiger partial charge is 0.397 e. The third-order valence-corrected chi connectivity index (χ3v) is 2.33. The van der Waals surface area contributed by atoms with Gasteiger partial charge in [-0.15, -0.1) is 0 Å². The van der Waals surface area contributed by atoms with E-state index < -0.39 is 6.10 Å². The van der Waals surface area contributed by atoms with Crippen LogP contribution >= 0.6 is 11.6 Å². The number of halogens is 1. The Labute approximate surface area is 93.4 Å². The maximum absolute atomic E-state index is 11.5. The van der Waals surface area contributed by atoms with Crippen molar-refractivity contribution in [1.29, 1.82) is 0 Å². The van der Waals surface area contributed by atoms with Crippen molar-refractivity contribution in [2.75, 3.05) is 18.2 Å². The van der Waals surface area contributed by atoms with E-state index in [1.54, 1.807) is 25.1 Å². The number of carbonyl (C=O) groups is 1. The quantitative estimate of drug-likeness (QED) is 0.777. The number of carbonyl (C=O) groups excluding carboxylic acids is 1. The number of benzene rings is 1. The fraction of sp³-hybridized carbons (Fsp3) is 0.300. The van der Waals surface area contributed by atoms with Gasteiger partial charge in [-0.05, 0) is 19.1 Å². The van der Waals surface area contributed by atoms with Crippen molar-refractivity contribution in [3.63, 3.8) is 0 Å². The summed E-state index contributed by atoms with van der Waals surface area (Å²) in [7, 11) is 1.46. The fourth-order valence-electron chi connectivity index (χ4n) is 1.00. The van der Waals surface area contributed by atoms with E-state index in [9.17, 15) is 4.79 Å². The molecule has 3 N–H and O–H groups in total. The zero-order chi connectivity index (χ0) is 11.4. The summed E-state index contributed by atoms with van der Waals surface area (Å²) >= 11 is 5.89. The molecule has 0 fully saturated rings. The van der Waals surface area contributed by atoms with Crippen LogP contribution in [0.25, 0.3) is 0 Å². The molecule has 1 aromatic carbocycles. The standard InChI is InChI=1S/C10H13ClN2O2/c1-6(15-2)10(14)13-9-7(11)4-3-5-8(9)12/h3-6H,12H2,1-2H3,(H,13,14). The van der Waals surface area contributed by atoms with Crippen LogP contribution in [-0.2, 0) is 9.53 Å². The molecule has 0 aliphatic rings. The number of rotatable bonds is 3. The first-order chi connectivity index (χ1) is 7.06. The molecule has 1 amide bonds. The van der Waals surface area contributed by atoms with Crippen LogP contribution in [0, 0.1) is 0 Å². The van der Waals surface area contributed by atoms with Crippen LogP contribution in [0.2, 0.25) is 5.02 Å². The van der Waals surface area contributed by atoms with Gasteiger partial charge in [0.15, 0.2) is 0 Å². The summed E-state index contributed by atoms with van der Waals surface area (Å²) in [5.74, 6) is -0.280. The van der Waals surface area contributed by atoms with E-state index in [0.29, 0.717) is 16.4 Å². The summed E-state index contributed by atoms with van der Waals surface area (Å²) in [5, 5.41) is 3.02. The first-order valence-corrected chi connectivity index (χ1v) is 4.81. The average Bonchev–Trinajstić information content (AvgIpc) is 2.22. The number of hydrogen-bond acceptors (Lipinski definition) is 3. The summed E-state index contributed by atoms with van der Waals surface area (Å²) in [5.41, 5.74) is 6.53. The monoisotopic (exact) mass is 228 g/mol. The minimum Gasteiger partial charge on any atom is -0.397 e. The molecule has 1 unspecified atom stereocenters. The van der Waals surface area contributed by atoms with Crippen molar-refractivity contribution < 1.29 is 9.53 Å². The normalized spacial score (nSPS) is 12.2. The van der Waals surface area contributed by atoms with Gasteiger partial charge in [0.05, 0.1) is 16.4 Å². The Kier molecular flexibility index (Phi) is 3.94. The molecule has 0 spiro atoms. The lowest BCUT2D eigenvalue weighted by atomic mass is 10.2. The van der Waals surface area contributed by atoms with E-state index in [4.69, 9.17) is 22.1 Å². The third-order valence-electron chi connectivity index (χ3n) is 2.02. The number of anilines is 2. The molecular formula is C10H13ClN2O2. The summed E-state index contributed by atoms with van der Waals surface area (Å²) in [4.78, 5) is 11.5. The number of methoxy groups -OCH3 is 1. The molecule has 82 valence electrons. The molecule has 0 saturated heterocycles. The van der Waals surface area contributed by atoms with Crippen molar-refractivity contribution in [3.8, 4) is 0 Å². The van der Waals surface area contributed by atoms with Gasteiger partial charge in [-0.25, -0.2) is 0 Å². The highest BCUT2D eigenvalue weighted by Gasteiger charge is 2.14. The lowest BCUT2D eigenvalue weighted by Gasteiger charge is -2.13. The van der Waals surface area contributed by atoms with E-state index in [1.165, 1.54) is 7.11 Å². The average molecular weight is 229 g/mol. The van der Waals surface area contributed by atoms with Crippen molar-refractivity contribution in [3.05, 3.63) is 23.2 Å². The molecule has 4 nitrogen and oxygen atoms in total. The number of para-hydroxylation sites is 1. The lowest BCUT2D eigenvalue weighted by molar-refractivity contribution is -0.124. The van der Waals surface area contributed by atoms with Gasteiger partial charge in [0, 0.05) is 7.11 Å². The maximum Gasteiger partial charge on any atom is 0.253 e. The molecule has 0 heterocycles. The van der Waals surface area contributed by atoms with Crippen molar-refractivity contribution >= 4 is 28.9 Å². The zero-order valence-corrected chi connectivity index (χ0v) is 9.34. The highest BCUT2D eigenvalue weighted by atomic mass is 35.5. The number of nitrogens with one attached hydrogen (secondary N) is 1. The molecule has 1 aromatic rings. The van der Waals surface area contributed by atoms with Gasteiger partial charge in [0.1, 0.15) is 6.10 Å². The number of ether oxygens (including phenoxy) is 1. The number of nitrogens with two attached hydrogens (primary N) is 1. The highest BCUT2D eigenvalue weighted by molar-refractivity contribution is 6.34. The van der Waals surface area contributed by atoms with Crippen molar-refractivity contribution in [2.45, 2.75) is 13.0 Å². The SMILES string of the molecule is COC(C)C(=O)Nc1c(N)cccc1Cl. The Balaban J connectivity index is 2.85. The summed E-state index contributed by atoms with van der Waals surface area (Å²) in [6.45, 7) is 1.64. The molecule has 1 atom stereocenters. The van der Waals surface area contributed by atoms with Crippen LogP contribution in [-0.4, -0.2) is 19.1 Å². The minimum absolute atomic E-state index is 0.280. The van der Waals surface area contributed by atoms with Gasteiger partial charge < -0.3 is 15.8 Å². The Morgan fingerprint density at radius 2 is 2.27 bits per heavy atom. The minimum atomic E-state index is -0.541. The summed E-state index contributed by atoms with van der Waals surface area (Å²) in [6, 6.07) is 5.04. The smallest absolute Gasteiger partial charge is 0.253 e. The Hall–Kier alpha value is -1.26. The highest BCUT2D eigenvalue weighted by Crippen LogP contribution is 2.27. The Morgan fingerprint density at radius 3 is 2.80 bits per heavy atom. The topological polar surface area (TPSA) is 64.3 Å². The molecule has 0 aromatic heterocycles. The van der Waals surface area contributed by atoms with Gasteiger partial charge >= 0.3 is 0 Å². The Morgan fingerprint density at radius 1 is 1.60 bits per heavy atom. The predicted molar refractivity (Wildman–Crippen MR) is 61.0 cm³/mol. The van der Waals surface area contributed by atoms with Gasteiger partial charge in [0.2, 0.25) is 0 Å². The van der Waals surface area contributed by atoms with Crippen molar-refractivity contribution in [1.82, 2.24) is 0 Å². The Bertz CT molecular complexity index is 348. The third kappa shape index (κ3) is 2.84. The molecule has 15 heavy (non-hydrogen) atoms. The molecule has 0 radical (unpaired) electrons. The predicted octanol–water partition coefficient (Wildman–Crippen LogP) is 1.90. The van der Waals surface area contributed by atoms with Gasteiger partial charge in [-0.2, -0.15) is 0 Å². The maximum atomic E-state index is 11.5. The first-order valence-electron chi connectivity index (χ1n) is 4.44. The molecule has 0 bridgehead atoms. The van der Waals surface area contributed by atoms with Gasteiger partial charge in [0.25, 0.3) is 5.91 Å². The molecule has 1 rings (SSSR count).